The minimum absolute atomic E-state index is 0.0735. The molecule has 0 aromatic heterocycles. The number of hydrogen-bond donors (Lipinski definition) is 0. The second kappa shape index (κ2) is 8.38. The molecule has 0 atom stereocenters. The first-order chi connectivity index (χ1) is 12.9. The lowest BCUT2D eigenvalue weighted by atomic mass is 10.2. The number of benzene rings is 2. The van der Waals surface area contributed by atoms with E-state index in [1.807, 2.05) is 30.3 Å². The summed E-state index contributed by atoms with van der Waals surface area (Å²) in [6.45, 7) is 2.02. The lowest BCUT2D eigenvalue weighted by Gasteiger charge is -2.35. The fourth-order valence-corrected chi connectivity index (χ4v) is 6.20. The highest BCUT2D eigenvalue weighted by Gasteiger charge is 2.35. The summed E-state index contributed by atoms with van der Waals surface area (Å²) >= 11 is 6.77. The van der Waals surface area contributed by atoms with Crippen molar-refractivity contribution in [3.63, 3.8) is 0 Å². The van der Waals surface area contributed by atoms with Crippen molar-refractivity contribution in [2.75, 3.05) is 45.3 Å². The van der Waals surface area contributed by atoms with Crippen LogP contribution in [0.1, 0.15) is 0 Å². The molecule has 1 saturated heterocycles. The van der Waals surface area contributed by atoms with E-state index in [4.69, 9.17) is 9.47 Å². The quantitative estimate of drug-likeness (QED) is 0.602. The molecule has 0 unspecified atom stereocenters. The summed E-state index contributed by atoms with van der Waals surface area (Å²) in [7, 11) is -0.857. The molecule has 1 fully saturated rings. The third kappa shape index (κ3) is 3.96. The van der Waals surface area contributed by atoms with Crippen LogP contribution < -0.4 is 14.4 Å². The zero-order valence-corrected chi connectivity index (χ0v) is 19.0. The first kappa shape index (κ1) is 20.4. The standard InChI is InChI=1S/C18H20Br2N2O4S/c1-25-15-12-14(19)16(20)18(17(15)26-2)27(23,24)22-10-8-21(9-11-22)13-6-4-3-5-7-13/h3-7,12H,8-11H2,1-2H3. The zero-order chi connectivity index (χ0) is 19.6. The first-order valence-corrected chi connectivity index (χ1v) is 11.3. The van der Waals surface area contributed by atoms with E-state index in [0.29, 0.717) is 40.9 Å². The maximum Gasteiger partial charge on any atom is 0.248 e. The monoisotopic (exact) mass is 518 g/mol. The molecule has 6 nitrogen and oxygen atoms in total. The Hall–Kier alpha value is -1.29. The van der Waals surface area contributed by atoms with Gasteiger partial charge < -0.3 is 14.4 Å². The Labute approximate surface area is 176 Å². The second-order valence-corrected chi connectivity index (χ2v) is 9.49. The summed E-state index contributed by atoms with van der Waals surface area (Å²) in [5, 5.41) is 0. The Bertz CT molecular complexity index is 915. The number of halogens is 2. The molecule has 0 aliphatic carbocycles. The Kier molecular flexibility index (Phi) is 6.35. The molecule has 9 heteroatoms. The van der Waals surface area contributed by atoms with Crippen molar-refractivity contribution < 1.29 is 17.9 Å². The normalized spacial score (nSPS) is 15.6. The van der Waals surface area contributed by atoms with Gasteiger partial charge in [-0.15, -0.1) is 0 Å². The maximum absolute atomic E-state index is 13.4. The largest absolute Gasteiger partial charge is 0.493 e. The molecule has 0 amide bonds. The number of sulfonamides is 1. The van der Waals surface area contributed by atoms with Crippen LogP contribution in [0, 0.1) is 0 Å². The van der Waals surface area contributed by atoms with Crippen molar-refractivity contribution in [1.29, 1.82) is 0 Å². The molecular weight excluding hydrogens is 500 g/mol. The third-order valence-corrected chi connectivity index (χ3v) is 8.67. The van der Waals surface area contributed by atoms with Crippen molar-refractivity contribution in [2.24, 2.45) is 0 Å². The molecule has 1 aliphatic heterocycles. The number of hydrogen-bond acceptors (Lipinski definition) is 5. The number of rotatable bonds is 5. The van der Waals surface area contributed by atoms with Gasteiger partial charge in [-0.05, 0) is 50.1 Å². The fraction of sp³-hybridized carbons (Fsp3) is 0.333. The lowest BCUT2D eigenvalue weighted by molar-refractivity contribution is 0.341. The van der Waals surface area contributed by atoms with Gasteiger partial charge in [-0.25, -0.2) is 8.42 Å². The molecule has 0 N–H and O–H groups in total. The van der Waals surface area contributed by atoms with E-state index in [1.54, 1.807) is 6.07 Å². The minimum atomic E-state index is -3.77. The summed E-state index contributed by atoms with van der Waals surface area (Å²) in [5.74, 6) is 0.548. The molecular formula is C18H20Br2N2O4S. The third-order valence-electron chi connectivity index (χ3n) is 4.48. The molecule has 1 heterocycles. The Morgan fingerprint density at radius 3 is 2.15 bits per heavy atom. The van der Waals surface area contributed by atoms with E-state index in [-0.39, 0.29) is 10.6 Å². The van der Waals surface area contributed by atoms with Crippen LogP contribution in [0.2, 0.25) is 0 Å². The highest BCUT2D eigenvalue weighted by atomic mass is 79.9. The second-order valence-electron chi connectivity index (χ2n) is 5.96. The Morgan fingerprint density at radius 1 is 0.963 bits per heavy atom. The minimum Gasteiger partial charge on any atom is -0.493 e. The summed E-state index contributed by atoms with van der Waals surface area (Å²) < 4.78 is 39.9. The molecule has 1 aliphatic rings. The van der Waals surface area contributed by atoms with Gasteiger partial charge in [0.25, 0.3) is 0 Å². The Balaban J connectivity index is 1.91. The molecule has 0 bridgehead atoms. The average molecular weight is 520 g/mol. The van der Waals surface area contributed by atoms with Crippen molar-refractivity contribution in [1.82, 2.24) is 4.31 Å². The zero-order valence-electron chi connectivity index (χ0n) is 15.0. The van der Waals surface area contributed by atoms with Crippen LogP contribution in [-0.2, 0) is 10.0 Å². The fourth-order valence-electron chi connectivity index (χ4n) is 3.09. The van der Waals surface area contributed by atoms with Crippen LogP contribution in [0.15, 0.2) is 50.2 Å². The van der Waals surface area contributed by atoms with Crippen LogP contribution >= 0.6 is 31.9 Å². The van der Waals surface area contributed by atoms with Gasteiger partial charge in [-0.2, -0.15) is 4.31 Å². The molecule has 27 heavy (non-hydrogen) atoms. The molecule has 2 aromatic carbocycles. The number of methoxy groups -OCH3 is 2. The first-order valence-electron chi connectivity index (χ1n) is 8.30. The van der Waals surface area contributed by atoms with Gasteiger partial charge in [-0.3, -0.25) is 0 Å². The van der Waals surface area contributed by atoms with Gasteiger partial charge in [0, 0.05) is 36.3 Å². The van der Waals surface area contributed by atoms with Gasteiger partial charge in [0.2, 0.25) is 10.0 Å². The summed E-state index contributed by atoms with van der Waals surface area (Å²) in [5.41, 5.74) is 1.09. The van der Waals surface area contributed by atoms with E-state index in [2.05, 4.69) is 36.8 Å². The van der Waals surface area contributed by atoms with Crippen LogP contribution in [-0.4, -0.2) is 53.1 Å². The van der Waals surface area contributed by atoms with E-state index in [0.717, 1.165) is 5.69 Å². The van der Waals surface area contributed by atoms with E-state index in [9.17, 15) is 8.42 Å². The lowest BCUT2D eigenvalue weighted by Crippen LogP contribution is -2.48. The molecule has 3 rings (SSSR count). The van der Waals surface area contributed by atoms with Gasteiger partial charge in [0.1, 0.15) is 4.90 Å². The summed E-state index contributed by atoms with van der Waals surface area (Å²) in [4.78, 5) is 2.25. The van der Waals surface area contributed by atoms with E-state index < -0.39 is 10.0 Å². The highest BCUT2D eigenvalue weighted by molar-refractivity contribution is 9.13. The predicted molar refractivity (Wildman–Crippen MR) is 112 cm³/mol. The van der Waals surface area contributed by atoms with Gasteiger partial charge in [0.15, 0.2) is 11.5 Å². The molecule has 2 aromatic rings. The highest BCUT2D eigenvalue weighted by Crippen LogP contribution is 2.45. The number of nitrogens with zero attached hydrogens (tertiary/aromatic N) is 2. The van der Waals surface area contributed by atoms with Crippen LogP contribution in [0.25, 0.3) is 0 Å². The number of piperazine rings is 1. The van der Waals surface area contributed by atoms with Crippen molar-refractivity contribution >= 4 is 47.6 Å². The van der Waals surface area contributed by atoms with Crippen LogP contribution in [0.5, 0.6) is 11.5 Å². The Morgan fingerprint density at radius 2 is 1.59 bits per heavy atom. The average Bonchev–Trinajstić information content (AvgIpc) is 2.70. The van der Waals surface area contributed by atoms with Gasteiger partial charge in [0.05, 0.1) is 18.7 Å². The van der Waals surface area contributed by atoms with Gasteiger partial charge in [-0.1, -0.05) is 18.2 Å². The van der Waals surface area contributed by atoms with Crippen molar-refractivity contribution in [2.45, 2.75) is 4.90 Å². The summed E-state index contributed by atoms with van der Waals surface area (Å²) in [6.07, 6.45) is 0. The summed E-state index contributed by atoms with van der Waals surface area (Å²) in [6, 6.07) is 11.7. The van der Waals surface area contributed by atoms with Crippen molar-refractivity contribution in [3.8, 4) is 11.5 Å². The number of ether oxygens (including phenoxy) is 2. The predicted octanol–water partition coefficient (Wildman–Crippen LogP) is 3.74. The van der Waals surface area contributed by atoms with E-state index >= 15 is 0 Å². The topological polar surface area (TPSA) is 59.1 Å². The molecule has 0 radical (unpaired) electrons. The molecule has 0 spiro atoms. The van der Waals surface area contributed by atoms with Gasteiger partial charge >= 0.3 is 0 Å². The smallest absolute Gasteiger partial charge is 0.248 e. The molecule has 146 valence electrons. The number of para-hydroxylation sites is 1. The number of anilines is 1. The van der Waals surface area contributed by atoms with Crippen LogP contribution in [0.4, 0.5) is 5.69 Å². The maximum atomic E-state index is 13.4. The molecule has 0 saturated carbocycles. The van der Waals surface area contributed by atoms with Crippen LogP contribution in [0.3, 0.4) is 0 Å². The SMILES string of the molecule is COc1cc(Br)c(Br)c(S(=O)(=O)N2CCN(c3ccccc3)CC2)c1OC. The van der Waals surface area contributed by atoms with Crippen molar-refractivity contribution in [3.05, 3.63) is 45.3 Å². The van der Waals surface area contributed by atoms with E-state index in [1.165, 1.54) is 18.5 Å².